The number of aryl methyl sites for hydroxylation is 3. The fourth-order valence-electron chi connectivity index (χ4n) is 5.36. The second-order valence-electron chi connectivity index (χ2n) is 10.9. The van der Waals surface area contributed by atoms with Crippen LogP contribution in [0.2, 0.25) is 20.1 Å². The highest BCUT2D eigenvalue weighted by molar-refractivity contribution is 7.99. The number of benzene rings is 4. The molecule has 11 heteroatoms. The molecule has 224 valence electrons. The molecule has 45 heavy (non-hydrogen) atoms. The van der Waals surface area contributed by atoms with Crippen molar-refractivity contribution >= 4 is 74.6 Å². The maximum absolute atomic E-state index is 6.95. The Morgan fingerprint density at radius 3 is 2.07 bits per heavy atom. The lowest BCUT2D eigenvalue weighted by Gasteiger charge is -2.23. The van der Waals surface area contributed by atoms with Crippen LogP contribution in [0.3, 0.4) is 0 Å². The first-order valence-electron chi connectivity index (χ1n) is 14.1. The van der Waals surface area contributed by atoms with E-state index in [0.717, 1.165) is 33.5 Å². The Morgan fingerprint density at radius 1 is 0.667 bits per heavy atom. The van der Waals surface area contributed by atoms with Crippen molar-refractivity contribution in [2.75, 3.05) is 0 Å². The number of aromatic nitrogens is 5. The highest BCUT2D eigenvalue weighted by Gasteiger charge is 2.32. The van der Waals surface area contributed by atoms with E-state index in [-0.39, 0.29) is 25.3 Å². The Morgan fingerprint density at radius 2 is 1.36 bits per heavy atom. The van der Waals surface area contributed by atoms with Gasteiger partial charge in [-0.3, -0.25) is 0 Å². The lowest BCUT2D eigenvalue weighted by atomic mass is 10.0. The monoisotopic (exact) mass is 688 g/mol. The molecule has 0 saturated heterocycles. The van der Waals surface area contributed by atoms with Crippen LogP contribution in [0.1, 0.15) is 39.7 Å². The molecule has 1 unspecified atom stereocenters. The van der Waals surface area contributed by atoms with Gasteiger partial charge in [0.1, 0.15) is 10.7 Å². The zero-order chi connectivity index (χ0) is 31.4. The molecule has 0 bridgehead atoms. The molecular formula is C34H24Cl4N6S. The van der Waals surface area contributed by atoms with E-state index >= 15 is 0 Å². The van der Waals surface area contributed by atoms with Crippen molar-refractivity contribution in [1.82, 2.24) is 25.1 Å². The second-order valence-corrected chi connectivity index (χ2v) is 13.6. The molecule has 0 aliphatic carbocycles. The van der Waals surface area contributed by atoms with Gasteiger partial charge in [-0.15, -0.1) is 20.4 Å². The van der Waals surface area contributed by atoms with Crippen LogP contribution in [0.15, 0.2) is 82.9 Å². The summed E-state index contributed by atoms with van der Waals surface area (Å²) in [6.07, 6.45) is 0.565. The molecule has 1 aliphatic heterocycles. The van der Waals surface area contributed by atoms with E-state index < -0.39 is 0 Å². The van der Waals surface area contributed by atoms with Crippen molar-refractivity contribution in [3.63, 3.8) is 0 Å². The average Bonchev–Trinajstić information content (AvgIpc) is 3.49. The van der Waals surface area contributed by atoms with Gasteiger partial charge in [-0.25, -0.2) is 0 Å². The number of rotatable bonds is 5. The molecule has 7 rings (SSSR count). The Balaban J connectivity index is 1.40. The highest BCUT2D eigenvalue weighted by Crippen LogP contribution is 2.50. The molecule has 0 spiro atoms. The molecule has 0 radical (unpaired) electrons. The number of fused-ring (bicyclic) bond motifs is 2. The number of halogens is 4. The molecule has 0 amide bonds. The van der Waals surface area contributed by atoms with E-state index in [2.05, 4.69) is 54.4 Å². The lowest BCUT2D eigenvalue weighted by Crippen LogP contribution is -2.18. The predicted octanol–water partition coefficient (Wildman–Crippen LogP) is 10.6. The normalized spacial score (nSPS) is 14.5. The largest absolute Gasteiger partial charge is 0.195 e. The van der Waals surface area contributed by atoms with Gasteiger partial charge in [-0.05, 0) is 43.5 Å². The SMILES string of the molecule is Cc1ccc(C2=Nn3c(-c4ccccc4)nnc3C(Sc3nnc(-c4ccc(C)c(C)c4)c4c(Cl)c(Cl)c(Cl)c(Cl)c34)C2)cc1. The van der Waals surface area contributed by atoms with E-state index in [1.165, 1.54) is 17.3 Å². The molecule has 1 atom stereocenters. The van der Waals surface area contributed by atoms with E-state index in [4.69, 9.17) is 61.7 Å². The average molecular weight is 690 g/mol. The summed E-state index contributed by atoms with van der Waals surface area (Å²) < 4.78 is 1.82. The van der Waals surface area contributed by atoms with Gasteiger partial charge in [-0.1, -0.05) is 130 Å². The molecule has 0 saturated carbocycles. The zero-order valence-corrected chi connectivity index (χ0v) is 28.2. The summed E-state index contributed by atoms with van der Waals surface area (Å²) in [5.74, 6) is 1.34. The summed E-state index contributed by atoms with van der Waals surface area (Å²) in [7, 11) is 0. The maximum Gasteiger partial charge on any atom is 0.185 e. The summed E-state index contributed by atoms with van der Waals surface area (Å²) in [6.45, 7) is 6.17. The summed E-state index contributed by atoms with van der Waals surface area (Å²) in [6, 6.07) is 24.3. The van der Waals surface area contributed by atoms with Crippen molar-refractivity contribution in [3.05, 3.63) is 121 Å². The van der Waals surface area contributed by atoms with Crippen LogP contribution >= 0.6 is 58.2 Å². The van der Waals surface area contributed by atoms with Crippen LogP contribution in [-0.2, 0) is 0 Å². The van der Waals surface area contributed by atoms with Gasteiger partial charge in [0.2, 0.25) is 0 Å². The van der Waals surface area contributed by atoms with Crippen molar-refractivity contribution in [2.24, 2.45) is 5.10 Å². The van der Waals surface area contributed by atoms with Crippen molar-refractivity contribution in [3.8, 4) is 22.6 Å². The Bertz CT molecular complexity index is 2150. The fourth-order valence-corrected chi connectivity index (χ4v) is 7.62. The first-order chi connectivity index (χ1) is 21.7. The molecule has 4 aromatic carbocycles. The molecule has 1 aliphatic rings. The number of hydrogen-bond donors (Lipinski definition) is 0. The van der Waals surface area contributed by atoms with Crippen molar-refractivity contribution in [1.29, 1.82) is 0 Å². The molecule has 0 N–H and O–H groups in total. The van der Waals surface area contributed by atoms with E-state index in [1.807, 2.05) is 54.1 Å². The summed E-state index contributed by atoms with van der Waals surface area (Å²) in [5.41, 5.74) is 7.69. The predicted molar refractivity (Wildman–Crippen MR) is 186 cm³/mol. The second kappa shape index (κ2) is 12.0. The standard InChI is InChI=1S/C34H24Cl4N6S/c1-17-9-12-20(13-10-17)23-16-24(33-41-40-32(44(33)43-23)21-7-5-4-6-8-21)45-34-26-25(27(35)29(37)30(38)28(26)36)31(39-42-34)22-14-11-18(2)19(3)15-22/h4-15,24H,16H2,1-3H3. The van der Waals surface area contributed by atoms with Crippen LogP contribution < -0.4 is 0 Å². The van der Waals surface area contributed by atoms with Crippen molar-refractivity contribution in [2.45, 2.75) is 37.5 Å². The van der Waals surface area contributed by atoms with E-state index in [1.54, 1.807) is 0 Å². The first kappa shape index (κ1) is 30.2. The molecule has 2 aromatic heterocycles. The molecule has 6 nitrogen and oxygen atoms in total. The first-order valence-corrected chi connectivity index (χ1v) is 16.5. The third-order valence-corrected chi connectivity index (χ3v) is 10.9. The molecule has 0 fully saturated rings. The van der Waals surface area contributed by atoms with Crippen molar-refractivity contribution < 1.29 is 0 Å². The van der Waals surface area contributed by atoms with Crippen LogP contribution in [0.4, 0.5) is 0 Å². The minimum Gasteiger partial charge on any atom is -0.195 e. The smallest absolute Gasteiger partial charge is 0.185 e. The molecule has 6 aromatic rings. The third-order valence-electron chi connectivity index (χ3n) is 7.96. The minimum absolute atomic E-state index is 0.164. The minimum atomic E-state index is -0.238. The Kier molecular flexibility index (Phi) is 8.09. The van der Waals surface area contributed by atoms with Crippen LogP contribution in [0, 0.1) is 20.8 Å². The zero-order valence-electron chi connectivity index (χ0n) is 24.3. The van der Waals surface area contributed by atoms with Gasteiger partial charge in [0, 0.05) is 28.3 Å². The van der Waals surface area contributed by atoms with Gasteiger partial charge in [-0.2, -0.15) is 9.78 Å². The number of hydrogen-bond acceptors (Lipinski definition) is 6. The number of nitrogens with zero attached hydrogens (tertiary/aromatic N) is 6. The Labute approximate surface area is 284 Å². The van der Waals surface area contributed by atoms with Crippen LogP contribution in [-0.4, -0.2) is 30.8 Å². The summed E-state index contributed by atoms with van der Waals surface area (Å²) in [5, 5.41) is 26.0. The quantitative estimate of drug-likeness (QED) is 0.133. The van der Waals surface area contributed by atoms with Gasteiger partial charge < -0.3 is 0 Å². The highest BCUT2D eigenvalue weighted by atomic mass is 35.5. The lowest BCUT2D eigenvalue weighted by molar-refractivity contribution is 0.723. The van der Waals surface area contributed by atoms with Gasteiger partial charge >= 0.3 is 0 Å². The van der Waals surface area contributed by atoms with Gasteiger partial charge in [0.05, 0.1) is 31.1 Å². The topological polar surface area (TPSA) is 68.8 Å². The van der Waals surface area contributed by atoms with Crippen LogP contribution in [0.25, 0.3) is 33.4 Å². The van der Waals surface area contributed by atoms with E-state index in [9.17, 15) is 0 Å². The number of thioether (sulfide) groups is 1. The summed E-state index contributed by atoms with van der Waals surface area (Å²) in [4.78, 5) is 0. The summed E-state index contributed by atoms with van der Waals surface area (Å²) >= 11 is 28.6. The molecular weight excluding hydrogens is 666 g/mol. The Hall–Kier alpha value is -3.46. The third kappa shape index (κ3) is 5.41. The fraction of sp³-hybridized carbons (Fsp3) is 0.147. The van der Waals surface area contributed by atoms with Crippen LogP contribution in [0.5, 0.6) is 0 Å². The van der Waals surface area contributed by atoms with E-state index in [0.29, 0.717) is 39.6 Å². The molecule has 3 heterocycles. The van der Waals surface area contributed by atoms with Gasteiger partial charge in [0.15, 0.2) is 11.6 Å². The van der Waals surface area contributed by atoms with Gasteiger partial charge in [0.25, 0.3) is 0 Å². The maximum atomic E-state index is 6.95.